The molecule has 4 rings (SSSR count). The zero-order valence-electron chi connectivity index (χ0n) is 17.0. The van der Waals surface area contributed by atoms with Gasteiger partial charge in [0.1, 0.15) is 39.1 Å². The van der Waals surface area contributed by atoms with Crippen LogP contribution in [0.2, 0.25) is 5.02 Å². The summed E-state index contributed by atoms with van der Waals surface area (Å²) in [5, 5.41) is 33.4. The van der Waals surface area contributed by atoms with E-state index in [9.17, 15) is 15.6 Å². The Morgan fingerprint density at radius 3 is 2.50 bits per heavy atom. The summed E-state index contributed by atoms with van der Waals surface area (Å²) in [7, 11) is 0. The Morgan fingerprint density at radius 2 is 1.84 bits per heavy atom. The molecule has 0 atom stereocenters. The first-order valence-electron chi connectivity index (χ1n) is 9.90. The number of piperidine rings is 1. The summed E-state index contributed by atoms with van der Waals surface area (Å²) in [6.45, 7) is 1.10. The molecule has 3 heterocycles. The van der Waals surface area contributed by atoms with Gasteiger partial charge in [-0.1, -0.05) is 35.5 Å². The van der Waals surface area contributed by atoms with Crippen LogP contribution in [0.4, 0.5) is 11.5 Å². The normalized spacial score (nSPS) is 14.2. The van der Waals surface area contributed by atoms with Crippen molar-refractivity contribution in [2.24, 2.45) is 0 Å². The highest BCUT2D eigenvalue weighted by molar-refractivity contribution is 7.98. The number of benzene rings is 1. The molecule has 1 aliphatic heterocycles. The summed E-state index contributed by atoms with van der Waals surface area (Å²) in [4.78, 5) is 11.0. The van der Waals surface area contributed by atoms with E-state index in [2.05, 4.69) is 22.1 Å². The number of nitriles is 2. The van der Waals surface area contributed by atoms with Crippen molar-refractivity contribution in [1.82, 2.24) is 9.97 Å². The van der Waals surface area contributed by atoms with Crippen molar-refractivity contribution in [1.29, 1.82) is 10.5 Å². The second-order valence-electron chi connectivity index (χ2n) is 7.28. The Bertz CT molecular complexity index is 1210. The predicted octanol–water partition coefficient (Wildman–Crippen LogP) is 4.44. The fourth-order valence-corrected chi connectivity index (χ4v) is 5.47. The van der Waals surface area contributed by atoms with Crippen molar-refractivity contribution in [2.45, 2.75) is 29.7 Å². The summed E-state index contributed by atoms with van der Waals surface area (Å²) >= 11 is 8.87. The minimum absolute atomic E-state index is 0.107. The molecule has 0 radical (unpaired) electrons. The van der Waals surface area contributed by atoms with Gasteiger partial charge in [0.25, 0.3) is 0 Å². The molecule has 2 aromatic heterocycles. The van der Waals surface area contributed by atoms with E-state index in [4.69, 9.17) is 17.3 Å². The Labute approximate surface area is 199 Å². The van der Waals surface area contributed by atoms with E-state index in [0.717, 1.165) is 16.3 Å². The number of rotatable bonds is 5. The zero-order chi connectivity index (χ0) is 22.7. The van der Waals surface area contributed by atoms with Crippen LogP contribution in [0, 0.1) is 22.7 Å². The third-order valence-electron chi connectivity index (χ3n) is 5.17. The Morgan fingerprint density at radius 1 is 1.16 bits per heavy atom. The standard InChI is InChI=1S/C22H19ClN6OS2/c23-14-3-1-13(2-4-14)21-27-15(11-31-21)12-32-22-18(10-25)19(17(9-24)20(26)28-22)29-7-5-16(30)6-8-29/h1-4,11,16,30H,5-8,12H2,(H2,26,28). The molecule has 0 unspecified atom stereocenters. The molecule has 1 fully saturated rings. The zero-order valence-corrected chi connectivity index (χ0v) is 19.3. The molecule has 0 bridgehead atoms. The average Bonchev–Trinajstić information content (AvgIpc) is 3.27. The smallest absolute Gasteiger partial charge is 0.144 e. The van der Waals surface area contributed by atoms with Gasteiger partial charge in [-0.3, -0.25) is 0 Å². The number of pyridine rings is 1. The predicted molar refractivity (Wildman–Crippen MR) is 128 cm³/mol. The number of anilines is 2. The van der Waals surface area contributed by atoms with E-state index in [1.54, 1.807) is 0 Å². The van der Waals surface area contributed by atoms with Gasteiger partial charge in [0, 0.05) is 34.8 Å². The van der Waals surface area contributed by atoms with Crippen molar-refractivity contribution in [3.63, 3.8) is 0 Å². The van der Waals surface area contributed by atoms with Crippen molar-refractivity contribution in [2.75, 3.05) is 23.7 Å². The molecular weight excluding hydrogens is 464 g/mol. The highest BCUT2D eigenvalue weighted by Gasteiger charge is 2.27. The van der Waals surface area contributed by atoms with Crippen LogP contribution in [0.3, 0.4) is 0 Å². The van der Waals surface area contributed by atoms with Crippen LogP contribution in [-0.4, -0.2) is 34.3 Å². The Hall–Kier alpha value is -2.82. The lowest BCUT2D eigenvalue weighted by Crippen LogP contribution is -2.37. The number of thiazole rings is 1. The third kappa shape index (κ3) is 4.67. The highest BCUT2D eigenvalue weighted by atomic mass is 35.5. The van der Waals surface area contributed by atoms with Gasteiger partial charge in [-0.2, -0.15) is 10.5 Å². The number of aliphatic hydroxyl groups excluding tert-OH is 1. The van der Waals surface area contributed by atoms with Gasteiger partial charge in [-0.15, -0.1) is 11.3 Å². The Kier molecular flexibility index (Phi) is 6.83. The number of aliphatic hydroxyl groups is 1. The minimum atomic E-state index is -0.366. The van der Waals surface area contributed by atoms with E-state index in [1.165, 1.54) is 23.1 Å². The summed E-state index contributed by atoms with van der Waals surface area (Å²) in [6, 6.07) is 11.8. The molecular formula is C22H19ClN6OS2. The van der Waals surface area contributed by atoms with E-state index >= 15 is 0 Å². The van der Waals surface area contributed by atoms with Crippen molar-refractivity contribution >= 4 is 46.2 Å². The monoisotopic (exact) mass is 482 g/mol. The van der Waals surface area contributed by atoms with Gasteiger partial charge < -0.3 is 15.7 Å². The fraction of sp³-hybridized carbons (Fsp3) is 0.273. The number of nitrogens with two attached hydrogens (primary N) is 1. The van der Waals surface area contributed by atoms with Crippen LogP contribution in [0.15, 0.2) is 34.7 Å². The minimum Gasteiger partial charge on any atom is -0.393 e. The van der Waals surface area contributed by atoms with Gasteiger partial charge in [-0.05, 0) is 25.0 Å². The first-order valence-corrected chi connectivity index (χ1v) is 12.1. The SMILES string of the molecule is N#Cc1c(N)nc(SCc2csc(-c3ccc(Cl)cc3)n2)c(C#N)c1N1CCC(O)CC1. The largest absolute Gasteiger partial charge is 0.393 e. The lowest BCUT2D eigenvalue weighted by Gasteiger charge is -2.33. The molecule has 162 valence electrons. The topological polar surface area (TPSA) is 123 Å². The molecule has 1 saturated heterocycles. The molecule has 32 heavy (non-hydrogen) atoms. The van der Waals surface area contributed by atoms with E-state index in [0.29, 0.717) is 53.0 Å². The summed E-state index contributed by atoms with van der Waals surface area (Å²) < 4.78 is 0. The average molecular weight is 483 g/mol. The summed E-state index contributed by atoms with van der Waals surface area (Å²) in [5.41, 5.74) is 9.01. The van der Waals surface area contributed by atoms with E-state index < -0.39 is 0 Å². The molecule has 3 N–H and O–H groups in total. The second kappa shape index (κ2) is 9.76. The lowest BCUT2D eigenvalue weighted by molar-refractivity contribution is 0.145. The number of thioether (sulfide) groups is 1. The molecule has 0 saturated carbocycles. The number of hydrogen-bond acceptors (Lipinski definition) is 9. The molecule has 0 spiro atoms. The fourth-order valence-electron chi connectivity index (χ4n) is 3.53. The van der Waals surface area contributed by atoms with Crippen molar-refractivity contribution < 1.29 is 5.11 Å². The van der Waals surface area contributed by atoms with Crippen LogP contribution < -0.4 is 10.6 Å². The van der Waals surface area contributed by atoms with Crippen molar-refractivity contribution in [3.05, 3.63) is 51.5 Å². The van der Waals surface area contributed by atoms with Crippen LogP contribution in [0.1, 0.15) is 29.7 Å². The summed E-state index contributed by atoms with van der Waals surface area (Å²) in [5.74, 6) is 0.616. The van der Waals surface area contributed by atoms with Crippen LogP contribution in [0.25, 0.3) is 10.6 Å². The lowest BCUT2D eigenvalue weighted by atomic mass is 10.0. The maximum Gasteiger partial charge on any atom is 0.144 e. The maximum atomic E-state index is 9.91. The maximum absolute atomic E-state index is 9.91. The molecule has 3 aromatic rings. The highest BCUT2D eigenvalue weighted by Crippen LogP contribution is 2.37. The van der Waals surface area contributed by atoms with Gasteiger partial charge in [-0.25, -0.2) is 9.97 Å². The molecule has 1 aliphatic rings. The number of nitrogens with zero attached hydrogens (tertiary/aromatic N) is 5. The molecule has 0 amide bonds. The quantitative estimate of drug-likeness (QED) is 0.511. The first-order chi connectivity index (χ1) is 15.5. The second-order valence-corrected chi connectivity index (χ2v) is 9.54. The van der Waals surface area contributed by atoms with Gasteiger partial charge >= 0.3 is 0 Å². The molecule has 10 heteroatoms. The van der Waals surface area contributed by atoms with Gasteiger partial charge in [0.15, 0.2) is 0 Å². The number of hydrogen-bond donors (Lipinski definition) is 2. The molecule has 7 nitrogen and oxygen atoms in total. The Balaban J connectivity index is 1.60. The summed E-state index contributed by atoms with van der Waals surface area (Å²) in [6.07, 6.45) is 0.786. The molecule has 0 aliphatic carbocycles. The van der Waals surface area contributed by atoms with Crippen LogP contribution in [0.5, 0.6) is 0 Å². The number of halogens is 1. The molecule has 1 aromatic carbocycles. The number of aromatic nitrogens is 2. The van der Waals surface area contributed by atoms with Crippen LogP contribution in [-0.2, 0) is 5.75 Å². The van der Waals surface area contributed by atoms with E-state index in [1.807, 2.05) is 34.5 Å². The third-order valence-corrected chi connectivity index (χ3v) is 7.37. The van der Waals surface area contributed by atoms with Crippen molar-refractivity contribution in [3.8, 4) is 22.7 Å². The number of nitrogen functional groups attached to an aromatic ring is 1. The van der Waals surface area contributed by atoms with Gasteiger partial charge in [0.2, 0.25) is 0 Å². The van der Waals surface area contributed by atoms with E-state index in [-0.39, 0.29) is 17.5 Å². The first kappa shape index (κ1) is 22.4. The van der Waals surface area contributed by atoms with Gasteiger partial charge in [0.05, 0.1) is 17.5 Å². The van der Waals surface area contributed by atoms with Crippen LogP contribution >= 0.6 is 34.7 Å².